The first-order chi connectivity index (χ1) is 11.2. The van der Waals surface area contributed by atoms with Gasteiger partial charge >= 0.3 is 5.97 Å². The van der Waals surface area contributed by atoms with Crippen molar-refractivity contribution in [2.75, 3.05) is 13.1 Å². The minimum absolute atomic E-state index is 0.0658. The summed E-state index contributed by atoms with van der Waals surface area (Å²) in [6, 6.07) is 9.29. The second-order valence-corrected chi connectivity index (χ2v) is 6.78. The van der Waals surface area contributed by atoms with Gasteiger partial charge in [0.15, 0.2) is 0 Å². The minimum atomic E-state index is -0.944. The third kappa shape index (κ3) is 7.26. The average molecular weight is 334 g/mol. The highest BCUT2D eigenvalue weighted by molar-refractivity contribution is 5.82. The highest BCUT2D eigenvalue weighted by Gasteiger charge is 2.21. The zero-order valence-electron chi connectivity index (χ0n) is 14.5. The molecule has 0 aliphatic carbocycles. The number of nitrogens with one attached hydrogen (secondary N) is 2. The second-order valence-electron chi connectivity index (χ2n) is 6.78. The lowest BCUT2D eigenvalue weighted by molar-refractivity contribution is -0.141. The van der Waals surface area contributed by atoms with E-state index in [1.54, 1.807) is 20.8 Å². The summed E-state index contributed by atoms with van der Waals surface area (Å²) in [5, 5.41) is 14.6. The van der Waals surface area contributed by atoms with E-state index in [0.717, 1.165) is 5.56 Å². The van der Waals surface area contributed by atoms with E-state index in [1.165, 1.54) is 0 Å². The molecule has 0 radical (unpaired) electrons. The van der Waals surface area contributed by atoms with Crippen molar-refractivity contribution in [3.63, 3.8) is 0 Å². The summed E-state index contributed by atoms with van der Waals surface area (Å²) in [7, 11) is 0. The van der Waals surface area contributed by atoms with Crippen LogP contribution in [0, 0.1) is 11.3 Å². The maximum atomic E-state index is 11.8. The van der Waals surface area contributed by atoms with Gasteiger partial charge in [-0.2, -0.15) is 0 Å². The first-order valence-corrected chi connectivity index (χ1v) is 8.02. The third-order valence-corrected chi connectivity index (χ3v) is 3.54. The second kappa shape index (κ2) is 9.05. The SMILES string of the molecule is CC(C)(C)C(=O)NCCC(=O)NCC(Cc1ccccc1)C(=O)O. The first-order valence-electron chi connectivity index (χ1n) is 8.02. The Morgan fingerprint density at radius 2 is 1.71 bits per heavy atom. The predicted molar refractivity (Wildman–Crippen MR) is 91.4 cm³/mol. The molecular formula is C18H26N2O4. The van der Waals surface area contributed by atoms with Gasteiger partial charge in [0, 0.05) is 24.9 Å². The van der Waals surface area contributed by atoms with Crippen LogP contribution in [-0.2, 0) is 20.8 Å². The van der Waals surface area contributed by atoms with E-state index in [9.17, 15) is 19.5 Å². The number of rotatable bonds is 8. The molecule has 0 saturated heterocycles. The predicted octanol–water partition coefficient (Wildman–Crippen LogP) is 1.60. The maximum absolute atomic E-state index is 11.8. The Bertz CT molecular complexity index is 564. The zero-order chi connectivity index (χ0) is 18.2. The van der Waals surface area contributed by atoms with Crippen molar-refractivity contribution >= 4 is 17.8 Å². The first kappa shape index (κ1) is 19.7. The van der Waals surface area contributed by atoms with E-state index in [2.05, 4.69) is 10.6 Å². The van der Waals surface area contributed by atoms with Crippen molar-refractivity contribution in [3.8, 4) is 0 Å². The van der Waals surface area contributed by atoms with Crippen molar-refractivity contribution in [3.05, 3.63) is 35.9 Å². The number of carbonyl (C=O) groups is 3. The van der Waals surface area contributed by atoms with Crippen LogP contribution >= 0.6 is 0 Å². The van der Waals surface area contributed by atoms with Gasteiger partial charge in [-0.05, 0) is 12.0 Å². The third-order valence-electron chi connectivity index (χ3n) is 3.54. The Kier molecular flexibility index (Phi) is 7.42. The van der Waals surface area contributed by atoms with Crippen molar-refractivity contribution in [1.82, 2.24) is 10.6 Å². The standard InChI is InChI=1S/C18H26N2O4/c1-18(2,3)17(24)19-10-9-15(21)20-12-14(16(22)23)11-13-7-5-4-6-8-13/h4-8,14H,9-12H2,1-3H3,(H,19,24)(H,20,21)(H,22,23). The molecule has 0 saturated carbocycles. The van der Waals surface area contributed by atoms with Gasteiger partial charge in [0.2, 0.25) is 11.8 Å². The molecule has 6 nitrogen and oxygen atoms in total. The number of hydrogen-bond acceptors (Lipinski definition) is 3. The normalized spacial score (nSPS) is 12.3. The van der Waals surface area contributed by atoms with E-state index in [1.807, 2.05) is 30.3 Å². The number of carboxylic acid groups (broad SMARTS) is 1. The summed E-state index contributed by atoms with van der Waals surface area (Å²) in [4.78, 5) is 34.8. The average Bonchev–Trinajstić information content (AvgIpc) is 2.51. The lowest BCUT2D eigenvalue weighted by Crippen LogP contribution is -2.39. The van der Waals surface area contributed by atoms with Crippen LogP contribution in [0.15, 0.2) is 30.3 Å². The highest BCUT2D eigenvalue weighted by atomic mass is 16.4. The molecule has 0 heterocycles. The fourth-order valence-electron chi connectivity index (χ4n) is 2.03. The summed E-state index contributed by atoms with van der Waals surface area (Å²) in [6.07, 6.45) is 0.483. The Balaban J connectivity index is 2.37. The Morgan fingerprint density at radius 1 is 1.08 bits per heavy atom. The van der Waals surface area contributed by atoms with Gasteiger partial charge in [-0.25, -0.2) is 0 Å². The van der Waals surface area contributed by atoms with E-state index in [0.29, 0.717) is 6.42 Å². The van der Waals surface area contributed by atoms with Crippen LogP contribution in [0.3, 0.4) is 0 Å². The molecule has 24 heavy (non-hydrogen) atoms. The molecular weight excluding hydrogens is 308 g/mol. The van der Waals surface area contributed by atoms with Gasteiger partial charge in [0.05, 0.1) is 5.92 Å². The van der Waals surface area contributed by atoms with Crippen molar-refractivity contribution in [2.45, 2.75) is 33.6 Å². The number of benzene rings is 1. The van der Waals surface area contributed by atoms with Crippen molar-refractivity contribution < 1.29 is 19.5 Å². The molecule has 1 aromatic carbocycles. The molecule has 0 bridgehead atoms. The largest absolute Gasteiger partial charge is 0.481 e. The molecule has 0 aliphatic rings. The molecule has 1 unspecified atom stereocenters. The topological polar surface area (TPSA) is 95.5 Å². The summed E-state index contributed by atoms with van der Waals surface area (Å²) in [5.74, 6) is -2.02. The van der Waals surface area contributed by atoms with Crippen LogP contribution in [0.4, 0.5) is 0 Å². The fraction of sp³-hybridized carbons (Fsp3) is 0.500. The lowest BCUT2D eigenvalue weighted by atomic mass is 9.96. The number of hydrogen-bond donors (Lipinski definition) is 3. The van der Waals surface area contributed by atoms with Gasteiger partial charge in [-0.15, -0.1) is 0 Å². The molecule has 6 heteroatoms. The monoisotopic (exact) mass is 334 g/mol. The van der Waals surface area contributed by atoms with E-state index >= 15 is 0 Å². The fourth-order valence-corrected chi connectivity index (χ4v) is 2.03. The van der Waals surface area contributed by atoms with Crippen LogP contribution in [0.2, 0.25) is 0 Å². The molecule has 132 valence electrons. The van der Waals surface area contributed by atoms with Crippen LogP contribution < -0.4 is 10.6 Å². The molecule has 1 rings (SSSR count). The number of carboxylic acids is 1. The highest BCUT2D eigenvalue weighted by Crippen LogP contribution is 2.12. The van der Waals surface area contributed by atoms with Crippen molar-refractivity contribution in [2.24, 2.45) is 11.3 Å². The molecule has 1 atom stereocenters. The Labute approximate surface area is 142 Å². The van der Waals surface area contributed by atoms with Crippen LogP contribution in [0.1, 0.15) is 32.8 Å². The van der Waals surface area contributed by atoms with Gasteiger partial charge in [0.1, 0.15) is 0 Å². The summed E-state index contributed by atoms with van der Waals surface area (Å²) < 4.78 is 0. The zero-order valence-corrected chi connectivity index (χ0v) is 14.5. The Morgan fingerprint density at radius 3 is 2.25 bits per heavy atom. The molecule has 0 aromatic heterocycles. The number of amides is 2. The molecule has 3 N–H and O–H groups in total. The maximum Gasteiger partial charge on any atom is 0.308 e. The van der Waals surface area contributed by atoms with Crippen molar-refractivity contribution in [1.29, 1.82) is 0 Å². The molecule has 0 aliphatic heterocycles. The molecule has 0 fully saturated rings. The number of carbonyl (C=O) groups excluding carboxylic acids is 2. The molecule has 2 amide bonds. The van der Waals surface area contributed by atoms with Gasteiger partial charge in [-0.1, -0.05) is 51.1 Å². The van der Waals surface area contributed by atoms with E-state index in [-0.39, 0.29) is 31.3 Å². The summed E-state index contributed by atoms with van der Waals surface area (Å²) >= 11 is 0. The summed E-state index contributed by atoms with van der Waals surface area (Å²) in [6.45, 7) is 5.69. The minimum Gasteiger partial charge on any atom is -0.481 e. The van der Waals surface area contributed by atoms with E-state index < -0.39 is 17.3 Å². The van der Waals surface area contributed by atoms with Crippen LogP contribution in [0.25, 0.3) is 0 Å². The lowest BCUT2D eigenvalue weighted by Gasteiger charge is -2.17. The molecule has 1 aromatic rings. The quantitative estimate of drug-likeness (QED) is 0.673. The smallest absolute Gasteiger partial charge is 0.308 e. The van der Waals surface area contributed by atoms with Gasteiger partial charge in [-0.3, -0.25) is 14.4 Å². The summed E-state index contributed by atoms with van der Waals surface area (Å²) in [5.41, 5.74) is 0.414. The van der Waals surface area contributed by atoms with Crippen LogP contribution in [-0.4, -0.2) is 36.0 Å². The van der Waals surface area contributed by atoms with Gasteiger partial charge in [0.25, 0.3) is 0 Å². The van der Waals surface area contributed by atoms with Gasteiger partial charge < -0.3 is 15.7 Å². The number of aliphatic carboxylic acids is 1. The molecule has 0 spiro atoms. The van der Waals surface area contributed by atoms with E-state index in [4.69, 9.17) is 0 Å². The Hall–Kier alpha value is -2.37. The van der Waals surface area contributed by atoms with Crippen LogP contribution in [0.5, 0.6) is 0 Å².